The Morgan fingerprint density at radius 3 is 2.62 bits per heavy atom. The van der Waals surface area contributed by atoms with Gasteiger partial charge in [-0.25, -0.2) is 0 Å². The summed E-state index contributed by atoms with van der Waals surface area (Å²) < 4.78 is 0. The first-order valence-electron chi connectivity index (χ1n) is 6.12. The first-order chi connectivity index (χ1) is 7.90. The zero-order valence-corrected chi connectivity index (χ0v) is 9.87. The highest BCUT2D eigenvalue weighted by Crippen LogP contribution is 2.09. The molecule has 1 aromatic rings. The van der Waals surface area contributed by atoms with Crippen molar-refractivity contribution in [3.8, 4) is 0 Å². The lowest BCUT2D eigenvalue weighted by Crippen LogP contribution is -2.24. The van der Waals surface area contributed by atoms with Crippen LogP contribution in [0.3, 0.4) is 0 Å². The van der Waals surface area contributed by atoms with Gasteiger partial charge in [-0.15, -0.1) is 0 Å². The van der Waals surface area contributed by atoms with Gasteiger partial charge in [0.25, 0.3) is 0 Å². The summed E-state index contributed by atoms with van der Waals surface area (Å²) in [5.41, 5.74) is 1.40. The second-order valence-corrected chi connectivity index (χ2v) is 4.26. The minimum Gasteiger partial charge on any atom is -0.367 e. The first kappa shape index (κ1) is 11.0. The molecule has 84 valence electrons. The quantitative estimate of drug-likeness (QED) is 0.757. The molecular formula is C15H19N. The van der Waals surface area contributed by atoms with Crippen molar-refractivity contribution in [1.82, 2.24) is 5.32 Å². The number of rotatable bonds is 4. The summed E-state index contributed by atoms with van der Waals surface area (Å²) in [6.07, 6.45) is 11.5. The van der Waals surface area contributed by atoms with Crippen molar-refractivity contribution in [3.05, 3.63) is 46.5 Å². The van der Waals surface area contributed by atoms with Gasteiger partial charge < -0.3 is 5.32 Å². The molecule has 0 amide bonds. The molecule has 1 aliphatic heterocycles. The van der Waals surface area contributed by atoms with E-state index in [-0.39, 0.29) is 0 Å². The predicted molar refractivity (Wildman–Crippen MR) is 70.0 cm³/mol. The van der Waals surface area contributed by atoms with Gasteiger partial charge in [-0.05, 0) is 34.9 Å². The van der Waals surface area contributed by atoms with Gasteiger partial charge in [0.1, 0.15) is 0 Å². The first-order valence-corrected chi connectivity index (χ1v) is 6.12. The standard InChI is InChI=1S/C15H19N/c1-2-3-4-7-13-10-14-8-5-6-9-15(14)12-16-11-13/h5-6,8-12,16H,2-4,7H2,1H3. The van der Waals surface area contributed by atoms with Gasteiger partial charge in [0.05, 0.1) is 0 Å². The summed E-state index contributed by atoms with van der Waals surface area (Å²) >= 11 is 0. The molecule has 0 saturated carbocycles. The van der Waals surface area contributed by atoms with Crippen LogP contribution in [0.4, 0.5) is 0 Å². The minimum absolute atomic E-state index is 1.17. The SMILES string of the molecule is CCCCCC1=CNC=c2ccccc2=C1. The van der Waals surface area contributed by atoms with Gasteiger partial charge in [-0.1, -0.05) is 44.0 Å². The van der Waals surface area contributed by atoms with E-state index in [1.54, 1.807) is 0 Å². The van der Waals surface area contributed by atoms with Crippen LogP contribution in [-0.2, 0) is 0 Å². The molecular weight excluding hydrogens is 194 g/mol. The summed E-state index contributed by atoms with van der Waals surface area (Å²) in [5, 5.41) is 5.85. The Kier molecular flexibility index (Phi) is 3.81. The Hall–Kier alpha value is -1.50. The lowest BCUT2D eigenvalue weighted by Gasteiger charge is -2.00. The molecule has 16 heavy (non-hydrogen) atoms. The van der Waals surface area contributed by atoms with Gasteiger partial charge in [0.2, 0.25) is 0 Å². The van der Waals surface area contributed by atoms with Crippen LogP contribution in [-0.4, -0.2) is 0 Å². The topological polar surface area (TPSA) is 12.0 Å². The Balaban J connectivity index is 2.18. The fourth-order valence-electron chi connectivity index (χ4n) is 1.98. The van der Waals surface area contributed by atoms with E-state index in [0.29, 0.717) is 0 Å². The van der Waals surface area contributed by atoms with E-state index in [1.807, 2.05) is 0 Å². The largest absolute Gasteiger partial charge is 0.367 e. The molecule has 1 aromatic carbocycles. The van der Waals surface area contributed by atoms with Crippen LogP contribution in [0.5, 0.6) is 0 Å². The van der Waals surface area contributed by atoms with Crippen molar-refractivity contribution in [2.24, 2.45) is 0 Å². The summed E-state index contributed by atoms with van der Waals surface area (Å²) in [6, 6.07) is 8.49. The summed E-state index contributed by atoms with van der Waals surface area (Å²) in [5.74, 6) is 0. The van der Waals surface area contributed by atoms with E-state index in [1.165, 1.54) is 41.7 Å². The Labute approximate surface area is 97.2 Å². The zero-order valence-electron chi connectivity index (χ0n) is 9.87. The molecule has 0 unspecified atom stereocenters. The smallest absolute Gasteiger partial charge is 0.00837 e. The van der Waals surface area contributed by atoms with E-state index >= 15 is 0 Å². The summed E-state index contributed by atoms with van der Waals surface area (Å²) in [6.45, 7) is 2.24. The average Bonchev–Trinajstić information content (AvgIpc) is 2.51. The van der Waals surface area contributed by atoms with Gasteiger partial charge >= 0.3 is 0 Å². The third-order valence-electron chi connectivity index (χ3n) is 2.91. The predicted octanol–water partition coefficient (Wildman–Crippen LogP) is 2.27. The number of unbranched alkanes of at least 4 members (excludes halogenated alkanes) is 2. The molecule has 0 saturated heterocycles. The van der Waals surface area contributed by atoms with Crippen molar-refractivity contribution in [3.63, 3.8) is 0 Å². The number of allylic oxidation sites excluding steroid dienone is 1. The third-order valence-corrected chi connectivity index (χ3v) is 2.91. The number of nitrogens with one attached hydrogen (secondary N) is 1. The second-order valence-electron chi connectivity index (χ2n) is 4.26. The Morgan fingerprint density at radius 2 is 1.81 bits per heavy atom. The van der Waals surface area contributed by atoms with Crippen molar-refractivity contribution in [2.75, 3.05) is 0 Å². The highest BCUT2D eigenvalue weighted by atomic mass is 14.8. The molecule has 0 bridgehead atoms. The number of benzene rings is 1. The number of fused-ring (bicyclic) bond motifs is 1. The second kappa shape index (κ2) is 5.55. The van der Waals surface area contributed by atoms with Crippen LogP contribution in [0, 0.1) is 0 Å². The summed E-state index contributed by atoms with van der Waals surface area (Å²) in [7, 11) is 0. The summed E-state index contributed by atoms with van der Waals surface area (Å²) in [4.78, 5) is 0. The van der Waals surface area contributed by atoms with Gasteiger partial charge in [0.15, 0.2) is 0 Å². The average molecular weight is 213 g/mol. The van der Waals surface area contributed by atoms with E-state index in [9.17, 15) is 0 Å². The van der Waals surface area contributed by atoms with Gasteiger partial charge in [0, 0.05) is 12.4 Å². The van der Waals surface area contributed by atoms with Crippen LogP contribution in [0.2, 0.25) is 0 Å². The van der Waals surface area contributed by atoms with Gasteiger partial charge in [-0.2, -0.15) is 0 Å². The maximum absolute atomic E-state index is 3.26. The molecule has 1 nitrogen and oxygen atoms in total. The molecule has 0 fully saturated rings. The Morgan fingerprint density at radius 1 is 1.00 bits per heavy atom. The highest BCUT2D eigenvalue weighted by molar-refractivity contribution is 5.50. The van der Waals surface area contributed by atoms with Crippen molar-refractivity contribution in [2.45, 2.75) is 32.6 Å². The maximum Gasteiger partial charge on any atom is 0.00837 e. The molecule has 1 N–H and O–H groups in total. The molecule has 0 radical (unpaired) electrons. The molecule has 2 rings (SSSR count). The number of hydrogen-bond acceptors (Lipinski definition) is 1. The van der Waals surface area contributed by atoms with Crippen molar-refractivity contribution >= 4 is 12.3 Å². The normalized spacial score (nSPS) is 13.7. The molecule has 0 aromatic heterocycles. The molecule has 1 heteroatoms. The third kappa shape index (κ3) is 2.75. The lowest BCUT2D eigenvalue weighted by molar-refractivity contribution is 0.720. The van der Waals surface area contributed by atoms with Gasteiger partial charge in [-0.3, -0.25) is 0 Å². The van der Waals surface area contributed by atoms with E-state index < -0.39 is 0 Å². The van der Waals surface area contributed by atoms with Crippen LogP contribution in [0.1, 0.15) is 32.6 Å². The molecule has 0 atom stereocenters. The maximum atomic E-state index is 3.26. The van der Waals surface area contributed by atoms with Crippen LogP contribution in [0.15, 0.2) is 36.0 Å². The molecule has 1 heterocycles. The zero-order chi connectivity index (χ0) is 11.2. The Bertz CT molecular complexity index is 482. The van der Waals surface area contributed by atoms with E-state index in [4.69, 9.17) is 0 Å². The minimum atomic E-state index is 1.17. The van der Waals surface area contributed by atoms with Crippen molar-refractivity contribution in [1.29, 1.82) is 0 Å². The fraction of sp³-hybridized carbons (Fsp3) is 0.333. The highest BCUT2D eigenvalue weighted by Gasteiger charge is 1.96. The van der Waals surface area contributed by atoms with Crippen LogP contribution < -0.4 is 15.8 Å². The number of hydrogen-bond donors (Lipinski definition) is 1. The lowest BCUT2D eigenvalue weighted by atomic mass is 10.1. The van der Waals surface area contributed by atoms with Crippen LogP contribution in [0.25, 0.3) is 12.3 Å². The molecule has 1 aliphatic rings. The van der Waals surface area contributed by atoms with Crippen LogP contribution >= 0.6 is 0 Å². The van der Waals surface area contributed by atoms with E-state index in [2.05, 4.69) is 55.0 Å². The monoisotopic (exact) mass is 213 g/mol. The van der Waals surface area contributed by atoms with Crippen molar-refractivity contribution < 1.29 is 0 Å². The fourth-order valence-corrected chi connectivity index (χ4v) is 1.98. The van der Waals surface area contributed by atoms with E-state index in [0.717, 1.165) is 0 Å². The molecule has 0 aliphatic carbocycles. The molecule has 0 spiro atoms.